The van der Waals surface area contributed by atoms with Gasteiger partial charge in [-0.25, -0.2) is 26.2 Å². The predicted octanol–water partition coefficient (Wildman–Crippen LogP) is 6.57. The first-order valence-corrected chi connectivity index (χ1v) is 13.9. The number of halogens is 1. The van der Waals surface area contributed by atoms with E-state index in [-0.39, 0.29) is 28.4 Å². The Bertz CT molecular complexity index is 1580. The molecule has 0 heterocycles. The van der Waals surface area contributed by atoms with Crippen LogP contribution in [0.2, 0.25) is 0 Å². The van der Waals surface area contributed by atoms with E-state index in [9.17, 15) is 22.3 Å². The van der Waals surface area contributed by atoms with Crippen LogP contribution in [-0.4, -0.2) is 30.6 Å². The molecule has 4 aromatic rings. The SMILES string of the molecule is COC(=O)c1cc(Oc2ccc(N(c3ccc(C)cc3)S(=O)O)c(F)c2)ccc1N(c1ccc(C)cc1)S(=O)O. The molecule has 40 heavy (non-hydrogen) atoms. The van der Waals surface area contributed by atoms with Crippen molar-refractivity contribution < 1.29 is 36.2 Å². The summed E-state index contributed by atoms with van der Waals surface area (Å²) >= 11 is -5.09. The van der Waals surface area contributed by atoms with Crippen LogP contribution in [0.1, 0.15) is 21.5 Å². The minimum absolute atomic E-state index is 0.0403. The monoisotopic (exact) mass is 584 g/mol. The van der Waals surface area contributed by atoms with Gasteiger partial charge in [0.1, 0.15) is 11.5 Å². The number of carbonyl (C=O) groups excluding carboxylic acids is 1. The van der Waals surface area contributed by atoms with Gasteiger partial charge in [-0.2, -0.15) is 0 Å². The van der Waals surface area contributed by atoms with E-state index in [4.69, 9.17) is 9.47 Å². The van der Waals surface area contributed by atoms with Crippen LogP contribution in [-0.2, 0) is 27.3 Å². The van der Waals surface area contributed by atoms with Gasteiger partial charge in [-0.15, -0.1) is 0 Å². The van der Waals surface area contributed by atoms with Crippen molar-refractivity contribution in [3.63, 3.8) is 0 Å². The number of aryl methyl sites for hydroxylation is 2. The Labute approximate surface area is 235 Å². The number of carbonyl (C=O) groups is 1. The molecule has 0 amide bonds. The van der Waals surface area contributed by atoms with Crippen molar-refractivity contribution in [2.45, 2.75) is 13.8 Å². The molecule has 2 unspecified atom stereocenters. The molecule has 0 spiro atoms. The van der Waals surface area contributed by atoms with E-state index >= 15 is 4.39 Å². The zero-order chi connectivity index (χ0) is 29.0. The summed E-state index contributed by atoms with van der Waals surface area (Å²) in [7, 11) is 1.17. The number of esters is 1. The summed E-state index contributed by atoms with van der Waals surface area (Å²) in [6, 6.07) is 21.4. The molecule has 0 fully saturated rings. The molecule has 2 atom stereocenters. The van der Waals surface area contributed by atoms with Gasteiger partial charge in [-0.3, -0.25) is 9.11 Å². The molecule has 9 nitrogen and oxygen atoms in total. The molecule has 4 aromatic carbocycles. The summed E-state index contributed by atoms with van der Waals surface area (Å²) in [5.74, 6) is -1.46. The summed E-state index contributed by atoms with van der Waals surface area (Å²) in [5, 5.41) is 0. The largest absolute Gasteiger partial charge is 0.465 e. The third-order valence-corrected chi connectivity index (χ3v) is 7.25. The number of methoxy groups -OCH3 is 1. The van der Waals surface area contributed by atoms with E-state index in [0.717, 1.165) is 25.8 Å². The quantitative estimate of drug-likeness (QED) is 0.169. The lowest BCUT2D eigenvalue weighted by atomic mass is 10.1. The highest BCUT2D eigenvalue weighted by Gasteiger charge is 2.24. The zero-order valence-corrected chi connectivity index (χ0v) is 23.2. The third-order valence-electron chi connectivity index (χ3n) is 5.82. The van der Waals surface area contributed by atoms with Crippen LogP contribution in [0, 0.1) is 19.7 Å². The second kappa shape index (κ2) is 12.4. The summed E-state index contributed by atoms with van der Waals surface area (Å²) < 4.78 is 72.0. The summed E-state index contributed by atoms with van der Waals surface area (Å²) in [6.07, 6.45) is 0. The molecule has 208 valence electrons. The maximum atomic E-state index is 15.2. The Kier molecular flexibility index (Phi) is 8.95. The molecular formula is C28H25FN2O7S2. The first-order valence-electron chi connectivity index (χ1n) is 11.7. The van der Waals surface area contributed by atoms with Gasteiger partial charge < -0.3 is 9.47 Å². The van der Waals surface area contributed by atoms with Gasteiger partial charge in [0.15, 0.2) is 5.82 Å². The van der Waals surface area contributed by atoms with Gasteiger partial charge in [-0.05, 0) is 68.4 Å². The lowest BCUT2D eigenvalue weighted by Gasteiger charge is -2.23. The smallest absolute Gasteiger partial charge is 0.340 e. The second-order valence-electron chi connectivity index (χ2n) is 8.61. The summed E-state index contributed by atoms with van der Waals surface area (Å²) in [5.41, 5.74) is 2.42. The highest BCUT2D eigenvalue weighted by molar-refractivity contribution is 7.81. The number of benzene rings is 4. The first-order chi connectivity index (χ1) is 19.1. The molecule has 0 radical (unpaired) electrons. The maximum Gasteiger partial charge on any atom is 0.340 e. The first kappa shape index (κ1) is 28.9. The van der Waals surface area contributed by atoms with Crippen molar-refractivity contribution in [3.05, 3.63) is 107 Å². The number of nitrogens with zero attached hydrogens (tertiary/aromatic N) is 2. The van der Waals surface area contributed by atoms with Crippen molar-refractivity contribution in [1.82, 2.24) is 0 Å². The molecule has 0 aliphatic heterocycles. The van der Waals surface area contributed by atoms with Gasteiger partial charge in [-0.1, -0.05) is 35.4 Å². The van der Waals surface area contributed by atoms with Gasteiger partial charge in [0.05, 0.1) is 35.4 Å². The second-order valence-corrected chi connectivity index (χ2v) is 10.3. The highest BCUT2D eigenvalue weighted by atomic mass is 32.2. The molecule has 4 rings (SSSR count). The fraction of sp³-hybridized carbons (Fsp3) is 0.107. The zero-order valence-electron chi connectivity index (χ0n) is 21.6. The predicted molar refractivity (Wildman–Crippen MR) is 152 cm³/mol. The number of hydrogen-bond acceptors (Lipinski definition) is 5. The van der Waals surface area contributed by atoms with Crippen LogP contribution in [0.4, 0.5) is 27.1 Å². The minimum atomic E-state index is -2.55. The fourth-order valence-corrected chi connectivity index (χ4v) is 5.12. The number of ether oxygens (including phenoxy) is 2. The Morgan fingerprint density at radius 2 is 1.18 bits per heavy atom. The van der Waals surface area contributed by atoms with Crippen molar-refractivity contribution in [2.24, 2.45) is 0 Å². The Balaban J connectivity index is 1.68. The van der Waals surface area contributed by atoms with E-state index in [2.05, 4.69) is 0 Å². The normalized spacial score (nSPS) is 12.3. The van der Waals surface area contributed by atoms with Gasteiger partial charge >= 0.3 is 5.97 Å². The van der Waals surface area contributed by atoms with Crippen LogP contribution < -0.4 is 13.3 Å². The number of hydrogen-bond donors (Lipinski definition) is 2. The fourth-order valence-electron chi connectivity index (χ4n) is 3.87. The van der Waals surface area contributed by atoms with Gasteiger partial charge in [0.25, 0.3) is 22.5 Å². The average molecular weight is 585 g/mol. The molecule has 12 heteroatoms. The van der Waals surface area contributed by atoms with Crippen LogP contribution in [0.15, 0.2) is 84.9 Å². The molecule has 0 aliphatic rings. The van der Waals surface area contributed by atoms with Crippen molar-refractivity contribution in [3.8, 4) is 11.5 Å². The maximum absolute atomic E-state index is 15.2. The molecule has 0 aliphatic carbocycles. The molecule has 0 bridgehead atoms. The van der Waals surface area contributed by atoms with Crippen LogP contribution in [0.25, 0.3) is 0 Å². The van der Waals surface area contributed by atoms with Crippen LogP contribution in [0.3, 0.4) is 0 Å². The van der Waals surface area contributed by atoms with Gasteiger partial charge in [0, 0.05) is 6.07 Å². The highest BCUT2D eigenvalue weighted by Crippen LogP contribution is 2.36. The number of rotatable bonds is 9. The summed E-state index contributed by atoms with van der Waals surface area (Å²) in [4.78, 5) is 12.6. The average Bonchev–Trinajstić information content (AvgIpc) is 2.92. The van der Waals surface area contributed by atoms with Crippen molar-refractivity contribution in [1.29, 1.82) is 0 Å². The van der Waals surface area contributed by atoms with E-state index in [1.165, 1.54) is 37.4 Å². The molecule has 0 saturated carbocycles. The molecule has 0 aromatic heterocycles. The van der Waals surface area contributed by atoms with E-state index < -0.39 is 34.3 Å². The van der Waals surface area contributed by atoms with Crippen molar-refractivity contribution in [2.75, 3.05) is 15.7 Å². The Morgan fingerprint density at radius 3 is 1.62 bits per heavy atom. The molecule has 2 N–H and O–H groups in total. The molecule has 0 saturated heterocycles. The lowest BCUT2D eigenvalue weighted by molar-refractivity contribution is 0.0601. The third kappa shape index (κ3) is 6.37. The van der Waals surface area contributed by atoms with Crippen LogP contribution >= 0.6 is 0 Å². The molecular weight excluding hydrogens is 559 g/mol. The van der Waals surface area contributed by atoms with E-state index in [1.807, 2.05) is 13.8 Å². The van der Waals surface area contributed by atoms with E-state index in [1.54, 1.807) is 48.5 Å². The number of anilines is 4. The standard InChI is InChI=1S/C28H25FN2O7S2/c1-18-4-8-20(9-5-18)30(39(33)34)26-14-12-22(16-24(26)28(32)37-3)38-23-13-15-27(25(29)17-23)31(40(35)36)21-10-6-19(2)7-11-21/h4-17H,1-3H3,(H,33,34)(H,35,36). The minimum Gasteiger partial charge on any atom is -0.465 e. The van der Waals surface area contributed by atoms with Gasteiger partial charge in [0.2, 0.25) is 0 Å². The lowest BCUT2D eigenvalue weighted by Crippen LogP contribution is -2.22. The van der Waals surface area contributed by atoms with E-state index in [0.29, 0.717) is 11.4 Å². The van der Waals surface area contributed by atoms with Crippen LogP contribution in [0.5, 0.6) is 11.5 Å². The Morgan fingerprint density at radius 1 is 0.725 bits per heavy atom. The van der Waals surface area contributed by atoms with Crippen molar-refractivity contribution >= 4 is 51.3 Å². The topological polar surface area (TPSA) is 117 Å². The summed E-state index contributed by atoms with van der Waals surface area (Å²) in [6.45, 7) is 3.73. The Hall–Kier alpha value is -4.10.